The molecule has 1 saturated heterocycles. The lowest BCUT2D eigenvalue weighted by atomic mass is 10.2. The Bertz CT molecular complexity index is 588. The molecule has 2 heterocycles. The molecular formula is C14H16N2O4S. The lowest BCUT2D eigenvalue weighted by molar-refractivity contribution is -0.138. The summed E-state index contributed by atoms with van der Waals surface area (Å²) in [7, 11) is 0. The number of hydrogen-bond acceptors (Lipinski definition) is 5. The van der Waals surface area contributed by atoms with Crippen LogP contribution in [0.2, 0.25) is 0 Å². The number of thioether (sulfide) groups is 1. The van der Waals surface area contributed by atoms with Gasteiger partial charge in [0.1, 0.15) is 5.03 Å². The maximum atomic E-state index is 12.2. The highest BCUT2D eigenvalue weighted by Crippen LogP contribution is 2.32. The lowest BCUT2D eigenvalue weighted by Gasteiger charge is -2.17. The molecule has 2 rings (SSSR count). The Morgan fingerprint density at radius 1 is 1.52 bits per heavy atom. The van der Waals surface area contributed by atoms with Crippen LogP contribution in [0.5, 0.6) is 0 Å². The number of aromatic carboxylic acids is 1. The van der Waals surface area contributed by atoms with Crippen LogP contribution < -0.4 is 0 Å². The highest BCUT2D eigenvalue weighted by molar-refractivity contribution is 8.00. The van der Waals surface area contributed by atoms with Gasteiger partial charge in [0.25, 0.3) is 0 Å². The fraction of sp³-hybridized carbons (Fsp3) is 0.429. The van der Waals surface area contributed by atoms with Gasteiger partial charge in [0.15, 0.2) is 0 Å². The molecule has 0 radical (unpaired) electrons. The minimum absolute atomic E-state index is 0.0464. The topological polar surface area (TPSA) is 87.6 Å². The number of likely N-dealkylation sites (tertiary alicyclic amines) is 1. The molecule has 2 amide bonds. The summed E-state index contributed by atoms with van der Waals surface area (Å²) in [5.41, 5.74) is 0.0464. The quantitative estimate of drug-likeness (QED) is 0.832. The van der Waals surface area contributed by atoms with Gasteiger partial charge in [0.2, 0.25) is 11.8 Å². The van der Waals surface area contributed by atoms with Crippen LogP contribution in [0, 0.1) is 5.92 Å². The standard InChI is InChI=1S/C14H16N2O4S/c1-8(2)7-16-11(17)6-10(13(16)18)21-12-9(14(19)20)4-3-5-15-12/h3-5,8,10H,6-7H2,1-2H3,(H,19,20). The van der Waals surface area contributed by atoms with E-state index in [-0.39, 0.29) is 34.7 Å². The van der Waals surface area contributed by atoms with Gasteiger partial charge < -0.3 is 5.11 Å². The van der Waals surface area contributed by atoms with E-state index in [1.54, 1.807) is 0 Å². The predicted molar refractivity (Wildman–Crippen MR) is 77.0 cm³/mol. The number of pyridine rings is 1. The van der Waals surface area contributed by atoms with E-state index in [9.17, 15) is 14.4 Å². The minimum Gasteiger partial charge on any atom is -0.478 e. The molecule has 1 N–H and O–H groups in total. The first-order chi connectivity index (χ1) is 9.90. The number of carboxylic acid groups (broad SMARTS) is 1. The van der Waals surface area contributed by atoms with Gasteiger partial charge in [0, 0.05) is 19.2 Å². The fourth-order valence-corrected chi connectivity index (χ4v) is 3.21. The van der Waals surface area contributed by atoms with Crippen LogP contribution in [0.1, 0.15) is 30.6 Å². The molecule has 1 unspecified atom stereocenters. The molecule has 1 aliphatic rings. The molecule has 1 fully saturated rings. The Morgan fingerprint density at radius 2 is 2.24 bits per heavy atom. The summed E-state index contributed by atoms with van der Waals surface area (Å²) in [4.78, 5) is 40.5. The first-order valence-corrected chi connectivity index (χ1v) is 7.47. The monoisotopic (exact) mass is 308 g/mol. The summed E-state index contributed by atoms with van der Waals surface area (Å²) in [5, 5.41) is 8.79. The van der Waals surface area contributed by atoms with Crippen molar-refractivity contribution in [3.63, 3.8) is 0 Å². The highest BCUT2D eigenvalue weighted by Gasteiger charge is 2.39. The third-order valence-electron chi connectivity index (χ3n) is 3.01. The first-order valence-electron chi connectivity index (χ1n) is 6.59. The smallest absolute Gasteiger partial charge is 0.338 e. The van der Waals surface area contributed by atoms with E-state index < -0.39 is 11.2 Å². The average Bonchev–Trinajstić information content (AvgIpc) is 2.66. The summed E-state index contributed by atoms with van der Waals surface area (Å²) in [6.45, 7) is 4.26. The Morgan fingerprint density at radius 3 is 2.86 bits per heavy atom. The normalized spacial score (nSPS) is 18.6. The zero-order valence-electron chi connectivity index (χ0n) is 11.8. The predicted octanol–water partition coefficient (Wildman–Crippen LogP) is 1.66. The number of amides is 2. The van der Waals surface area contributed by atoms with Gasteiger partial charge in [-0.25, -0.2) is 9.78 Å². The second-order valence-corrected chi connectivity index (χ2v) is 6.40. The highest BCUT2D eigenvalue weighted by atomic mass is 32.2. The summed E-state index contributed by atoms with van der Waals surface area (Å²) in [5.74, 6) is -1.37. The zero-order valence-corrected chi connectivity index (χ0v) is 12.6. The molecular weight excluding hydrogens is 292 g/mol. The Kier molecular flexibility index (Phi) is 4.62. The van der Waals surface area contributed by atoms with Crippen LogP contribution in [0.15, 0.2) is 23.4 Å². The second-order valence-electron chi connectivity index (χ2n) is 5.21. The minimum atomic E-state index is -1.10. The number of imide groups is 1. The first kappa shape index (κ1) is 15.5. The van der Waals surface area contributed by atoms with E-state index in [2.05, 4.69) is 4.98 Å². The number of carbonyl (C=O) groups excluding carboxylic acids is 2. The van der Waals surface area contributed by atoms with Crippen molar-refractivity contribution in [2.45, 2.75) is 30.5 Å². The largest absolute Gasteiger partial charge is 0.478 e. The van der Waals surface area contributed by atoms with E-state index in [0.717, 1.165) is 11.8 Å². The van der Waals surface area contributed by atoms with E-state index in [1.165, 1.54) is 23.2 Å². The van der Waals surface area contributed by atoms with Crippen molar-refractivity contribution in [2.24, 2.45) is 5.92 Å². The molecule has 1 atom stereocenters. The summed E-state index contributed by atoms with van der Waals surface area (Å²) in [6, 6.07) is 2.96. The van der Waals surface area contributed by atoms with E-state index in [0.29, 0.717) is 6.54 Å². The molecule has 0 aliphatic carbocycles. The van der Waals surface area contributed by atoms with Crippen molar-refractivity contribution in [2.75, 3.05) is 6.54 Å². The summed E-state index contributed by atoms with van der Waals surface area (Å²) >= 11 is 1.04. The number of carbonyl (C=O) groups is 3. The van der Waals surface area contributed by atoms with Crippen LogP contribution in [0.3, 0.4) is 0 Å². The molecule has 0 spiro atoms. The molecule has 1 aromatic rings. The SMILES string of the molecule is CC(C)CN1C(=O)CC(Sc2ncccc2C(=O)O)C1=O. The van der Waals surface area contributed by atoms with Gasteiger partial charge >= 0.3 is 5.97 Å². The lowest BCUT2D eigenvalue weighted by Crippen LogP contribution is -2.34. The van der Waals surface area contributed by atoms with Gasteiger partial charge in [-0.1, -0.05) is 25.6 Å². The Labute approximate surface area is 126 Å². The number of nitrogens with zero attached hydrogens (tertiary/aromatic N) is 2. The third-order valence-corrected chi connectivity index (χ3v) is 4.21. The number of aromatic nitrogens is 1. The van der Waals surface area contributed by atoms with E-state index in [4.69, 9.17) is 5.11 Å². The molecule has 1 aromatic heterocycles. The molecule has 1 aliphatic heterocycles. The van der Waals surface area contributed by atoms with Crippen LogP contribution in [0.4, 0.5) is 0 Å². The van der Waals surface area contributed by atoms with Gasteiger partial charge in [0.05, 0.1) is 10.8 Å². The Hall–Kier alpha value is -1.89. The van der Waals surface area contributed by atoms with Crippen LogP contribution in [-0.2, 0) is 9.59 Å². The second kappa shape index (κ2) is 6.26. The van der Waals surface area contributed by atoms with Gasteiger partial charge in [-0.3, -0.25) is 14.5 Å². The van der Waals surface area contributed by atoms with Crippen molar-refractivity contribution in [3.8, 4) is 0 Å². The van der Waals surface area contributed by atoms with Crippen molar-refractivity contribution in [1.82, 2.24) is 9.88 Å². The number of hydrogen-bond donors (Lipinski definition) is 1. The van der Waals surface area contributed by atoms with Crippen molar-refractivity contribution < 1.29 is 19.5 Å². The molecule has 7 heteroatoms. The zero-order chi connectivity index (χ0) is 15.6. The van der Waals surface area contributed by atoms with Gasteiger partial charge in [-0.15, -0.1) is 0 Å². The van der Waals surface area contributed by atoms with Gasteiger partial charge in [-0.2, -0.15) is 0 Å². The molecule has 112 valence electrons. The number of carboxylic acids is 1. The molecule has 0 bridgehead atoms. The number of rotatable bonds is 5. The summed E-state index contributed by atoms with van der Waals surface area (Å²) in [6.07, 6.45) is 1.56. The third kappa shape index (κ3) is 3.41. The van der Waals surface area contributed by atoms with Crippen LogP contribution in [-0.4, -0.2) is 44.6 Å². The van der Waals surface area contributed by atoms with Crippen molar-refractivity contribution in [3.05, 3.63) is 23.9 Å². The van der Waals surface area contributed by atoms with Crippen LogP contribution in [0.25, 0.3) is 0 Å². The van der Waals surface area contributed by atoms with Crippen molar-refractivity contribution in [1.29, 1.82) is 0 Å². The summed E-state index contributed by atoms with van der Waals surface area (Å²) < 4.78 is 0. The molecule has 0 saturated carbocycles. The molecule has 21 heavy (non-hydrogen) atoms. The van der Waals surface area contributed by atoms with Crippen LogP contribution >= 0.6 is 11.8 Å². The molecule has 6 nitrogen and oxygen atoms in total. The maximum Gasteiger partial charge on any atom is 0.338 e. The molecule has 0 aromatic carbocycles. The van der Waals surface area contributed by atoms with E-state index >= 15 is 0 Å². The van der Waals surface area contributed by atoms with Crippen molar-refractivity contribution >= 4 is 29.5 Å². The fourth-order valence-electron chi connectivity index (χ4n) is 2.08. The maximum absolute atomic E-state index is 12.2. The Balaban J connectivity index is 2.16. The van der Waals surface area contributed by atoms with Gasteiger partial charge in [-0.05, 0) is 18.1 Å². The van der Waals surface area contributed by atoms with E-state index in [1.807, 2.05) is 13.8 Å². The average molecular weight is 308 g/mol.